The number of carbonyl (C=O) groups is 2. The number of carbonyl (C=O) groups excluding carboxylic acids is 2. The van der Waals surface area contributed by atoms with Gasteiger partial charge in [-0.3, -0.25) is 9.59 Å². The van der Waals surface area contributed by atoms with Gasteiger partial charge in [0.05, 0.1) is 39.9 Å². The maximum absolute atomic E-state index is 14.1. The first-order valence-electron chi connectivity index (χ1n) is 13.6. The fourth-order valence-corrected chi connectivity index (χ4v) is 6.15. The van der Waals surface area contributed by atoms with E-state index in [0.29, 0.717) is 33.3 Å². The van der Waals surface area contributed by atoms with Crippen molar-refractivity contribution < 1.29 is 19.4 Å². The zero-order chi connectivity index (χ0) is 29.5. The van der Waals surface area contributed by atoms with Crippen molar-refractivity contribution in [2.75, 3.05) is 13.7 Å². The second-order valence-electron chi connectivity index (χ2n) is 10.8. The Labute approximate surface area is 249 Å². The number of aromatic amines is 1. The van der Waals surface area contributed by atoms with Crippen LogP contribution in [0.4, 0.5) is 0 Å². The fourth-order valence-electron chi connectivity index (χ4n) is 5.72. The highest BCUT2D eigenvalue weighted by atomic mass is 35.5. The molecule has 1 aromatic heterocycles. The molecule has 5 rings (SSSR count). The predicted octanol–water partition coefficient (Wildman–Crippen LogP) is 6.55. The minimum absolute atomic E-state index is 0.164. The number of H-pyrrole nitrogens is 1. The Morgan fingerprint density at radius 3 is 2.44 bits per heavy atom. The van der Waals surface area contributed by atoms with Crippen LogP contribution in [0.5, 0.6) is 5.75 Å². The molecule has 1 aliphatic carbocycles. The summed E-state index contributed by atoms with van der Waals surface area (Å²) in [7, 11) is 1.55. The number of aromatic nitrogens is 1. The quantitative estimate of drug-likeness (QED) is 0.195. The molecule has 0 saturated carbocycles. The van der Waals surface area contributed by atoms with E-state index in [0.717, 1.165) is 51.7 Å². The normalized spacial score (nSPS) is 16.5. The summed E-state index contributed by atoms with van der Waals surface area (Å²) in [6.45, 7) is 5.49. The number of fused-ring (bicyclic) bond motifs is 3. The molecule has 1 atom stereocenters. The number of aryl methyl sites for hydroxylation is 2. The van der Waals surface area contributed by atoms with Gasteiger partial charge in [0.1, 0.15) is 5.75 Å². The molecule has 7 nitrogen and oxygen atoms in total. The third kappa shape index (κ3) is 5.30. The van der Waals surface area contributed by atoms with E-state index in [2.05, 4.69) is 15.6 Å². The summed E-state index contributed by atoms with van der Waals surface area (Å²) in [6, 6.07) is 14.3. The van der Waals surface area contributed by atoms with Gasteiger partial charge in [0.15, 0.2) is 0 Å². The lowest BCUT2D eigenvalue weighted by atomic mass is 9.78. The van der Waals surface area contributed by atoms with Crippen molar-refractivity contribution in [2.45, 2.75) is 51.7 Å². The van der Waals surface area contributed by atoms with Crippen molar-refractivity contribution in [3.05, 3.63) is 86.5 Å². The first-order chi connectivity index (χ1) is 19.6. The Balaban J connectivity index is 1.57. The molecule has 0 spiro atoms. The van der Waals surface area contributed by atoms with Crippen LogP contribution >= 0.6 is 23.2 Å². The number of rotatable bonds is 7. The highest BCUT2D eigenvalue weighted by molar-refractivity contribution is 6.34. The van der Waals surface area contributed by atoms with E-state index in [9.17, 15) is 14.7 Å². The molecule has 1 unspecified atom stereocenters. The number of benzene rings is 3. The maximum Gasteiger partial charge on any atom is 0.255 e. The molecule has 9 heteroatoms. The van der Waals surface area contributed by atoms with E-state index >= 15 is 0 Å². The van der Waals surface area contributed by atoms with Gasteiger partial charge in [0, 0.05) is 28.7 Å². The van der Waals surface area contributed by atoms with Crippen LogP contribution in [0, 0.1) is 6.92 Å². The van der Waals surface area contributed by atoms with Gasteiger partial charge in [-0.2, -0.15) is 0 Å². The summed E-state index contributed by atoms with van der Waals surface area (Å²) in [4.78, 5) is 29.7. The standard InChI is InChI=1S/C32H33Cl2N3O4/c1-17(2)41-27-12-8-19(20-7-9-21(25(34)15-20)30(39)35-4)14-23(27)31(40)37-32(16-38)13-5-6-26-28(32)22-10-11-24(33)18(3)29(22)36-26/h7-12,14-15,17,36,38H,5-6,13,16H2,1-4H3,(H,35,39)(H,37,40). The number of ether oxygens (including phenoxy) is 1. The topological polar surface area (TPSA) is 103 Å². The van der Waals surface area contributed by atoms with Crippen molar-refractivity contribution in [2.24, 2.45) is 0 Å². The molecule has 0 bridgehead atoms. The number of hydrogen-bond acceptors (Lipinski definition) is 4. The molecule has 0 aliphatic heterocycles. The van der Waals surface area contributed by atoms with E-state index in [1.54, 1.807) is 37.4 Å². The van der Waals surface area contributed by atoms with Crippen LogP contribution in [-0.2, 0) is 12.0 Å². The summed E-state index contributed by atoms with van der Waals surface area (Å²) in [5.74, 6) is -0.212. The number of aliphatic hydroxyl groups excluding tert-OH is 1. The van der Waals surface area contributed by atoms with Crippen LogP contribution in [-0.4, -0.2) is 41.7 Å². The molecule has 2 amide bonds. The van der Waals surface area contributed by atoms with Gasteiger partial charge in [0.2, 0.25) is 0 Å². The Morgan fingerprint density at radius 2 is 1.76 bits per heavy atom. The lowest BCUT2D eigenvalue weighted by Crippen LogP contribution is -2.50. The van der Waals surface area contributed by atoms with Crippen LogP contribution < -0.4 is 15.4 Å². The number of aliphatic hydroxyl groups is 1. The van der Waals surface area contributed by atoms with Gasteiger partial charge in [-0.1, -0.05) is 41.4 Å². The molecular weight excluding hydrogens is 561 g/mol. The minimum atomic E-state index is -0.993. The van der Waals surface area contributed by atoms with Crippen molar-refractivity contribution in [1.29, 1.82) is 0 Å². The monoisotopic (exact) mass is 593 g/mol. The molecule has 3 aromatic carbocycles. The molecule has 0 saturated heterocycles. The van der Waals surface area contributed by atoms with E-state index in [-0.39, 0.29) is 24.5 Å². The third-order valence-corrected chi connectivity index (χ3v) is 8.46. The second kappa shape index (κ2) is 11.4. The SMILES string of the molecule is CNC(=O)c1ccc(-c2ccc(OC(C)C)c(C(=O)NC3(CO)CCCc4[nH]c5c(C)c(Cl)ccc5c43)c2)cc1Cl. The summed E-state index contributed by atoms with van der Waals surface area (Å²) < 4.78 is 6.03. The molecule has 1 heterocycles. The first-order valence-corrected chi connectivity index (χ1v) is 14.4. The molecule has 4 aromatic rings. The van der Waals surface area contributed by atoms with Crippen molar-refractivity contribution in [3.8, 4) is 16.9 Å². The van der Waals surface area contributed by atoms with E-state index in [1.165, 1.54) is 0 Å². The van der Waals surface area contributed by atoms with Crippen molar-refractivity contribution in [3.63, 3.8) is 0 Å². The Hall–Kier alpha value is -3.52. The second-order valence-corrected chi connectivity index (χ2v) is 11.6. The number of amides is 2. The van der Waals surface area contributed by atoms with Gasteiger partial charge >= 0.3 is 0 Å². The highest BCUT2D eigenvalue weighted by Crippen LogP contribution is 2.42. The molecule has 0 fully saturated rings. The Bertz CT molecular complexity index is 1660. The van der Waals surface area contributed by atoms with Gasteiger partial charge in [-0.25, -0.2) is 0 Å². The number of hydrogen-bond donors (Lipinski definition) is 4. The summed E-state index contributed by atoms with van der Waals surface area (Å²) in [5, 5.41) is 18.5. The number of halogens is 2. The average molecular weight is 595 g/mol. The fraction of sp³-hybridized carbons (Fsp3) is 0.312. The molecule has 41 heavy (non-hydrogen) atoms. The van der Waals surface area contributed by atoms with Crippen LogP contribution in [0.15, 0.2) is 48.5 Å². The van der Waals surface area contributed by atoms with E-state index in [4.69, 9.17) is 27.9 Å². The largest absolute Gasteiger partial charge is 0.490 e. The highest BCUT2D eigenvalue weighted by Gasteiger charge is 2.41. The van der Waals surface area contributed by atoms with E-state index in [1.807, 2.05) is 39.0 Å². The Kier molecular flexibility index (Phi) is 8.06. The summed E-state index contributed by atoms with van der Waals surface area (Å²) >= 11 is 12.8. The van der Waals surface area contributed by atoms with Gasteiger partial charge in [-0.15, -0.1) is 0 Å². The van der Waals surface area contributed by atoms with Gasteiger partial charge < -0.3 is 25.5 Å². The molecule has 4 N–H and O–H groups in total. The molecule has 214 valence electrons. The molecular formula is C32H33Cl2N3O4. The summed E-state index contributed by atoms with van der Waals surface area (Å²) in [5.41, 5.74) is 4.91. The maximum atomic E-state index is 14.1. The van der Waals surface area contributed by atoms with Crippen LogP contribution in [0.3, 0.4) is 0 Å². The molecule has 0 radical (unpaired) electrons. The predicted molar refractivity (Wildman–Crippen MR) is 163 cm³/mol. The van der Waals surface area contributed by atoms with Crippen LogP contribution in [0.25, 0.3) is 22.0 Å². The Morgan fingerprint density at radius 1 is 1.02 bits per heavy atom. The van der Waals surface area contributed by atoms with Gasteiger partial charge in [-0.05, 0) is 87.1 Å². The minimum Gasteiger partial charge on any atom is -0.490 e. The zero-order valence-electron chi connectivity index (χ0n) is 23.5. The first kappa shape index (κ1) is 29.0. The van der Waals surface area contributed by atoms with Gasteiger partial charge in [0.25, 0.3) is 11.8 Å². The smallest absolute Gasteiger partial charge is 0.255 e. The summed E-state index contributed by atoms with van der Waals surface area (Å²) in [6.07, 6.45) is 2.01. The average Bonchev–Trinajstić information content (AvgIpc) is 3.35. The third-order valence-electron chi connectivity index (χ3n) is 7.74. The zero-order valence-corrected chi connectivity index (χ0v) is 25.0. The van der Waals surface area contributed by atoms with E-state index < -0.39 is 5.54 Å². The lowest BCUT2D eigenvalue weighted by molar-refractivity contribution is 0.0795. The molecule has 1 aliphatic rings. The number of nitrogens with one attached hydrogen (secondary N) is 3. The lowest BCUT2D eigenvalue weighted by Gasteiger charge is -2.37. The van der Waals surface area contributed by atoms with Crippen LogP contribution in [0.2, 0.25) is 10.0 Å². The van der Waals surface area contributed by atoms with Crippen molar-refractivity contribution in [1.82, 2.24) is 15.6 Å². The van der Waals surface area contributed by atoms with Crippen molar-refractivity contribution >= 4 is 45.9 Å². The van der Waals surface area contributed by atoms with Crippen LogP contribution in [0.1, 0.15) is 64.2 Å².